The Morgan fingerprint density at radius 1 is 1.10 bits per heavy atom. The van der Waals surface area contributed by atoms with Gasteiger partial charge in [0.2, 0.25) is 0 Å². The topological polar surface area (TPSA) is 78.9 Å². The Kier molecular flexibility index (Phi) is 8.71. The predicted octanol–water partition coefficient (Wildman–Crippen LogP) is 3.11. The van der Waals surface area contributed by atoms with E-state index in [2.05, 4.69) is 0 Å². The normalized spacial score (nSPS) is 12.9. The van der Waals surface area contributed by atoms with Crippen molar-refractivity contribution in [1.29, 1.82) is 0 Å². The number of Topliss-reactive ketones (excluding diaryl/α,β-unsaturated/α-hetero) is 1. The van der Waals surface area contributed by atoms with E-state index in [-0.39, 0.29) is 30.5 Å². The third kappa shape index (κ3) is 8.15. The van der Waals surface area contributed by atoms with Crippen LogP contribution in [0, 0.1) is 0 Å². The molecule has 0 aliphatic rings. The summed E-state index contributed by atoms with van der Waals surface area (Å²) in [7, 11) is -3.42. The van der Waals surface area contributed by atoms with Crippen LogP contribution in [0.2, 0.25) is 0 Å². The minimum Gasteiger partial charge on any atom is -0.462 e. The standard InChI is InChI=1S/C14H25O6P/c1-7-18-14(16)13(12(6)15)8-9-21(17,19-10(2)3)20-11(4)5/h8,10-11H,7,9H2,1-6H3. The molecule has 0 heterocycles. The van der Waals surface area contributed by atoms with Gasteiger partial charge in [-0.3, -0.25) is 9.36 Å². The second-order valence-corrected chi connectivity index (χ2v) is 7.00. The lowest BCUT2D eigenvalue weighted by Crippen LogP contribution is -2.15. The number of hydrogen-bond acceptors (Lipinski definition) is 6. The molecule has 21 heavy (non-hydrogen) atoms. The van der Waals surface area contributed by atoms with E-state index in [1.807, 2.05) is 0 Å². The van der Waals surface area contributed by atoms with E-state index in [0.29, 0.717) is 0 Å². The average Bonchev–Trinajstić information content (AvgIpc) is 2.26. The van der Waals surface area contributed by atoms with Crippen molar-refractivity contribution in [2.75, 3.05) is 12.8 Å². The summed E-state index contributed by atoms with van der Waals surface area (Å²) < 4.78 is 28.1. The van der Waals surface area contributed by atoms with Gasteiger partial charge in [-0.05, 0) is 41.5 Å². The van der Waals surface area contributed by atoms with Crippen molar-refractivity contribution in [1.82, 2.24) is 0 Å². The molecule has 122 valence electrons. The highest BCUT2D eigenvalue weighted by molar-refractivity contribution is 7.54. The van der Waals surface area contributed by atoms with E-state index in [1.165, 1.54) is 13.0 Å². The van der Waals surface area contributed by atoms with Crippen LogP contribution in [0.1, 0.15) is 41.5 Å². The summed E-state index contributed by atoms with van der Waals surface area (Å²) in [6.45, 7) is 9.99. The summed E-state index contributed by atoms with van der Waals surface area (Å²) in [6, 6.07) is 0. The number of rotatable bonds is 9. The fourth-order valence-electron chi connectivity index (χ4n) is 1.54. The molecule has 0 radical (unpaired) electrons. The molecule has 0 saturated carbocycles. The summed E-state index contributed by atoms with van der Waals surface area (Å²) in [5.74, 6) is -1.18. The molecule has 7 heteroatoms. The molecule has 0 fully saturated rings. The van der Waals surface area contributed by atoms with Gasteiger partial charge in [0.05, 0.1) is 30.5 Å². The number of ether oxygens (including phenoxy) is 1. The molecule has 0 aliphatic heterocycles. The van der Waals surface area contributed by atoms with E-state index >= 15 is 0 Å². The molecule has 0 saturated heterocycles. The molecule has 0 aliphatic carbocycles. The Hall–Kier alpha value is -0.970. The summed E-state index contributed by atoms with van der Waals surface area (Å²) in [6.07, 6.45) is 0.515. The lowest BCUT2D eigenvalue weighted by Gasteiger charge is -2.21. The zero-order valence-corrected chi connectivity index (χ0v) is 14.4. The van der Waals surface area contributed by atoms with E-state index in [4.69, 9.17) is 13.8 Å². The highest BCUT2D eigenvalue weighted by atomic mass is 31.2. The summed E-state index contributed by atoms with van der Waals surface area (Å²) in [5.41, 5.74) is -0.142. The van der Waals surface area contributed by atoms with Crippen molar-refractivity contribution >= 4 is 19.3 Å². The van der Waals surface area contributed by atoms with Crippen molar-refractivity contribution in [3.05, 3.63) is 11.6 Å². The molecule has 0 N–H and O–H groups in total. The van der Waals surface area contributed by atoms with Crippen LogP contribution in [0.5, 0.6) is 0 Å². The van der Waals surface area contributed by atoms with Gasteiger partial charge in [0.1, 0.15) is 0 Å². The minimum atomic E-state index is -3.42. The number of hydrogen-bond donors (Lipinski definition) is 0. The van der Waals surface area contributed by atoms with Crippen molar-refractivity contribution in [2.45, 2.75) is 53.8 Å². The fourth-order valence-corrected chi connectivity index (χ4v) is 3.45. The van der Waals surface area contributed by atoms with Crippen molar-refractivity contribution in [3.63, 3.8) is 0 Å². The quantitative estimate of drug-likeness (QED) is 0.213. The van der Waals surface area contributed by atoms with Crippen LogP contribution >= 0.6 is 7.60 Å². The maximum Gasteiger partial charge on any atom is 0.341 e. The highest BCUT2D eigenvalue weighted by Crippen LogP contribution is 2.50. The summed E-state index contributed by atoms with van der Waals surface area (Å²) in [4.78, 5) is 23.1. The molecule has 0 aromatic rings. The lowest BCUT2D eigenvalue weighted by molar-refractivity contribution is -0.139. The van der Waals surface area contributed by atoms with Gasteiger partial charge in [-0.15, -0.1) is 0 Å². The number of carbonyl (C=O) groups excluding carboxylic acids is 2. The van der Waals surface area contributed by atoms with Gasteiger partial charge in [-0.1, -0.05) is 6.08 Å². The van der Waals surface area contributed by atoms with Crippen LogP contribution in [-0.2, 0) is 27.9 Å². The Bertz CT molecular complexity index is 425. The predicted molar refractivity (Wildman–Crippen MR) is 80.3 cm³/mol. The van der Waals surface area contributed by atoms with Gasteiger partial charge in [0.25, 0.3) is 0 Å². The molecule has 0 atom stereocenters. The Balaban J connectivity index is 5.21. The maximum atomic E-state index is 12.6. The van der Waals surface area contributed by atoms with E-state index in [9.17, 15) is 14.2 Å². The minimum absolute atomic E-state index is 0.142. The third-order valence-corrected chi connectivity index (χ3v) is 4.25. The van der Waals surface area contributed by atoms with Gasteiger partial charge in [-0.2, -0.15) is 0 Å². The molecule has 0 unspecified atom stereocenters. The van der Waals surface area contributed by atoms with E-state index in [1.54, 1.807) is 34.6 Å². The van der Waals surface area contributed by atoms with Crippen molar-refractivity contribution in [2.24, 2.45) is 0 Å². The largest absolute Gasteiger partial charge is 0.462 e. The van der Waals surface area contributed by atoms with Crippen LogP contribution in [-0.4, -0.2) is 36.7 Å². The molecule has 0 spiro atoms. The molecule has 0 aromatic carbocycles. The smallest absolute Gasteiger partial charge is 0.341 e. The van der Waals surface area contributed by atoms with Gasteiger partial charge in [0.15, 0.2) is 5.78 Å². The first-order chi connectivity index (χ1) is 9.61. The summed E-state index contributed by atoms with van der Waals surface area (Å²) in [5, 5.41) is 0. The maximum absolute atomic E-state index is 12.6. The molecule has 0 bridgehead atoms. The van der Waals surface area contributed by atoms with Crippen LogP contribution in [0.25, 0.3) is 0 Å². The average molecular weight is 320 g/mol. The summed E-state index contributed by atoms with van der Waals surface area (Å²) >= 11 is 0. The van der Waals surface area contributed by atoms with E-state index < -0.39 is 19.3 Å². The van der Waals surface area contributed by atoms with Gasteiger partial charge < -0.3 is 13.8 Å². The zero-order chi connectivity index (χ0) is 16.6. The third-order valence-electron chi connectivity index (χ3n) is 2.14. The second kappa shape index (κ2) is 9.13. The van der Waals surface area contributed by atoms with Crippen molar-refractivity contribution in [3.8, 4) is 0 Å². The second-order valence-electron chi connectivity index (χ2n) is 5.00. The monoisotopic (exact) mass is 320 g/mol. The SMILES string of the molecule is CCOC(=O)C(=CCP(=O)(OC(C)C)OC(C)C)C(C)=O. The first-order valence-electron chi connectivity index (χ1n) is 6.95. The number of ketones is 1. The number of allylic oxidation sites excluding steroid dienone is 1. The van der Waals surface area contributed by atoms with Crippen LogP contribution in [0.15, 0.2) is 11.6 Å². The molecule has 0 aromatic heterocycles. The lowest BCUT2D eigenvalue weighted by atomic mass is 10.2. The first kappa shape index (κ1) is 20.0. The van der Waals surface area contributed by atoms with Crippen LogP contribution in [0.3, 0.4) is 0 Å². The molecular weight excluding hydrogens is 295 g/mol. The number of esters is 1. The Labute approximate surface area is 126 Å². The van der Waals surface area contributed by atoms with Gasteiger partial charge in [0, 0.05) is 0 Å². The molecule has 0 amide bonds. The Morgan fingerprint density at radius 3 is 1.90 bits per heavy atom. The van der Waals surface area contributed by atoms with Crippen LogP contribution in [0.4, 0.5) is 0 Å². The first-order valence-corrected chi connectivity index (χ1v) is 8.68. The van der Waals surface area contributed by atoms with E-state index in [0.717, 1.165) is 0 Å². The number of carbonyl (C=O) groups is 2. The Morgan fingerprint density at radius 2 is 1.57 bits per heavy atom. The van der Waals surface area contributed by atoms with Gasteiger partial charge in [-0.25, -0.2) is 4.79 Å². The molecule has 0 rings (SSSR count). The van der Waals surface area contributed by atoms with Crippen LogP contribution < -0.4 is 0 Å². The molecule has 6 nitrogen and oxygen atoms in total. The van der Waals surface area contributed by atoms with Gasteiger partial charge >= 0.3 is 13.6 Å². The zero-order valence-electron chi connectivity index (χ0n) is 13.5. The highest BCUT2D eigenvalue weighted by Gasteiger charge is 2.28. The molecular formula is C14H25O6P. The van der Waals surface area contributed by atoms with Crippen molar-refractivity contribution < 1.29 is 27.9 Å². The fraction of sp³-hybridized carbons (Fsp3) is 0.714.